The van der Waals surface area contributed by atoms with E-state index in [1.807, 2.05) is 0 Å². The molecular formula is C23H23N3O6. The third-order valence-electron chi connectivity index (χ3n) is 5.60. The predicted molar refractivity (Wildman–Crippen MR) is 116 cm³/mol. The first-order valence-corrected chi connectivity index (χ1v) is 10.2. The van der Waals surface area contributed by atoms with E-state index in [2.05, 4.69) is 10.1 Å². The number of rotatable bonds is 5. The number of methoxy groups -OCH3 is 1. The molecule has 4 amide bonds. The summed E-state index contributed by atoms with van der Waals surface area (Å²) in [6.07, 6.45) is 1.08. The van der Waals surface area contributed by atoms with Gasteiger partial charge in [0.25, 0.3) is 17.7 Å². The van der Waals surface area contributed by atoms with Crippen molar-refractivity contribution in [2.75, 3.05) is 37.5 Å². The van der Waals surface area contributed by atoms with Gasteiger partial charge in [-0.25, -0.2) is 4.79 Å². The second-order valence-electron chi connectivity index (χ2n) is 7.65. The molecule has 1 atom stereocenters. The summed E-state index contributed by atoms with van der Waals surface area (Å²) >= 11 is 0. The molecule has 32 heavy (non-hydrogen) atoms. The lowest BCUT2D eigenvalue weighted by Gasteiger charge is -2.17. The molecule has 4 rings (SSSR count). The Morgan fingerprint density at radius 2 is 1.84 bits per heavy atom. The lowest BCUT2D eigenvalue weighted by molar-refractivity contribution is 0.0475. The number of nitrogens with one attached hydrogen (secondary N) is 1. The first-order valence-electron chi connectivity index (χ1n) is 10.2. The maximum Gasteiger partial charge on any atom is 0.413 e. The molecule has 2 aromatic rings. The minimum atomic E-state index is -0.507. The Balaban J connectivity index is 1.46. The van der Waals surface area contributed by atoms with Crippen LogP contribution in [0, 0.1) is 0 Å². The van der Waals surface area contributed by atoms with E-state index in [-0.39, 0.29) is 29.7 Å². The number of imide groups is 1. The van der Waals surface area contributed by atoms with Crippen LogP contribution in [0.4, 0.5) is 16.2 Å². The number of anilines is 2. The summed E-state index contributed by atoms with van der Waals surface area (Å²) in [5, 5.41) is 2.75. The smallest absolute Gasteiger partial charge is 0.413 e. The number of benzene rings is 2. The summed E-state index contributed by atoms with van der Waals surface area (Å²) in [5.74, 6) is -1.19. The van der Waals surface area contributed by atoms with E-state index in [9.17, 15) is 19.2 Å². The van der Waals surface area contributed by atoms with Gasteiger partial charge in [-0.05, 0) is 55.3 Å². The fraction of sp³-hybridized carbons (Fsp3) is 0.304. The van der Waals surface area contributed by atoms with Crippen LogP contribution in [0.3, 0.4) is 0 Å². The summed E-state index contributed by atoms with van der Waals surface area (Å²) in [4.78, 5) is 52.2. The lowest BCUT2D eigenvalue weighted by Crippen LogP contribution is -2.36. The molecule has 1 N–H and O–H groups in total. The highest BCUT2D eigenvalue weighted by molar-refractivity contribution is 6.22. The topological polar surface area (TPSA) is 105 Å². The molecule has 1 unspecified atom stereocenters. The molecule has 166 valence electrons. The van der Waals surface area contributed by atoms with E-state index in [1.165, 1.54) is 35.1 Å². The van der Waals surface area contributed by atoms with E-state index in [4.69, 9.17) is 4.74 Å². The number of carbonyl (C=O) groups excluding carboxylic acids is 4. The molecule has 2 heterocycles. The van der Waals surface area contributed by atoms with Crippen LogP contribution in [-0.2, 0) is 9.47 Å². The molecule has 2 aromatic carbocycles. The fourth-order valence-electron chi connectivity index (χ4n) is 3.80. The summed E-state index contributed by atoms with van der Waals surface area (Å²) in [5.41, 5.74) is 1.89. The van der Waals surface area contributed by atoms with Gasteiger partial charge in [0.05, 0.1) is 30.9 Å². The van der Waals surface area contributed by atoms with E-state index in [1.54, 1.807) is 31.3 Å². The Kier molecular flexibility index (Phi) is 5.91. The Morgan fingerprint density at radius 3 is 2.50 bits per heavy atom. The van der Waals surface area contributed by atoms with Crippen LogP contribution in [0.25, 0.3) is 0 Å². The number of carbonyl (C=O) groups is 4. The van der Waals surface area contributed by atoms with Crippen molar-refractivity contribution < 1.29 is 28.7 Å². The number of amides is 4. The van der Waals surface area contributed by atoms with Crippen LogP contribution < -0.4 is 10.2 Å². The van der Waals surface area contributed by atoms with E-state index < -0.39 is 17.9 Å². The van der Waals surface area contributed by atoms with Crippen molar-refractivity contribution in [3.63, 3.8) is 0 Å². The van der Waals surface area contributed by atoms with Crippen molar-refractivity contribution in [3.05, 3.63) is 59.2 Å². The number of nitrogens with zero attached hydrogens (tertiary/aromatic N) is 2. The summed E-state index contributed by atoms with van der Waals surface area (Å²) in [7, 11) is 2.87. The van der Waals surface area contributed by atoms with Gasteiger partial charge in [-0.2, -0.15) is 0 Å². The molecule has 9 heteroatoms. The zero-order valence-electron chi connectivity index (χ0n) is 17.8. The average molecular weight is 437 g/mol. The second-order valence-corrected chi connectivity index (χ2v) is 7.65. The van der Waals surface area contributed by atoms with Crippen LogP contribution in [0.15, 0.2) is 42.5 Å². The van der Waals surface area contributed by atoms with Gasteiger partial charge in [-0.15, -0.1) is 0 Å². The molecule has 0 saturated carbocycles. The van der Waals surface area contributed by atoms with Gasteiger partial charge < -0.3 is 14.8 Å². The highest BCUT2D eigenvalue weighted by Gasteiger charge is 2.37. The van der Waals surface area contributed by atoms with Gasteiger partial charge in [0.1, 0.15) is 0 Å². The Morgan fingerprint density at radius 1 is 1.12 bits per heavy atom. The molecule has 0 spiro atoms. The highest BCUT2D eigenvalue weighted by atomic mass is 16.5. The molecule has 2 aliphatic rings. The van der Waals surface area contributed by atoms with Gasteiger partial charge in [0.2, 0.25) is 0 Å². The third-order valence-corrected chi connectivity index (χ3v) is 5.60. The maximum absolute atomic E-state index is 12.8. The van der Waals surface area contributed by atoms with Crippen molar-refractivity contribution in [2.45, 2.75) is 18.9 Å². The van der Waals surface area contributed by atoms with Crippen LogP contribution in [0.2, 0.25) is 0 Å². The summed E-state index contributed by atoms with van der Waals surface area (Å²) in [6.45, 7) is 0.859. The van der Waals surface area contributed by atoms with Crippen molar-refractivity contribution in [3.8, 4) is 0 Å². The zero-order chi connectivity index (χ0) is 22.8. The van der Waals surface area contributed by atoms with Crippen LogP contribution >= 0.6 is 0 Å². The Labute approximate surface area is 184 Å². The Hall–Kier alpha value is -3.72. The number of ether oxygens (including phenoxy) is 2. The number of hydrogen-bond donors (Lipinski definition) is 1. The van der Waals surface area contributed by atoms with Crippen LogP contribution in [0.1, 0.15) is 43.9 Å². The minimum absolute atomic E-state index is 0.138. The predicted octanol–water partition coefficient (Wildman–Crippen LogP) is 2.92. The molecule has 0 aromatic heterocycles. The SMILES string of the molecule is COC(=O)N(C)c1ccc(NC(=O)c2ccc3c(c2)C(=O)N(CC2CCCO2)C3=O)cc1. The molecule has 2 aliphatic heterocycles. The number of hydrogen-bond acceptors (Lipinski definition) is 6. The lowest BCUT2D eigenvalue weighted by atomic mass is 10.1. The number of fused-ring (bicyclic) bond motifs is 1. The first-order chi connectivity index (χ1) is 15.4. The monoisotopic (exact) mass is 437 g/mol. The van der Waals surface area contributed by atoms with Crippen molar-refractivity contribution >= 4 is 35.2 Å². The third kappa shape index (κ3) is 4.06. The van der Waals surface area contributed by atoms with Gasteiger partial charge in [0.15, 0.2) is 0 Å². The van der Waals surface area contributed by atoms with E-state index in [0.717, 1.165) is 12.8 Å². The quantitative estimate of drug-likeness (QED) is 0.721. The van der Waals surface area contributed by atoms with Crippen molar-refractivity contribution in [2.24, 2.45) is 0 Å². The van der Waals surface area contributed by atoms with Gasteiger partial charge in [-0.1, -0.05) is 0 Å². The average Bonchev–Trinajstić information content (AvgIpc) is 3.41. The zero-order valence-corrected chi connectivity index (χ0v) is 17.8. The summed E-state index contributed by atoms with van der Waals surface area (Å²) < 4.78 is 10.2. The highest BCUT2D eigenvalue weighted by Crippen LogP contribution is 2.26. The largest absolute Gasteiger partial charge is 0.452 e. The fourth-order valence-corrected chi connectivity index (χ4v) is 3.80. The van der Waals surface area contributed by atoms with Gasteiger partial charge in [-0.3, -0.25) is 24.2 Å². The van der Waals surface area contributed by atoms with Gasteiger partial charge in [0, 0.05) is 30.6 Å². The first kappa shape index (κ1) is 21.5. The van der Waals surface area contributed by atoms with Gasteiger partial charge >= 0.3 is 6.09 Å². The molecule has 1 fully saturated rings. The van der Waals surface area contributed by atoms with Crippen LogP contribution in [-0.4, -0.2) is 62.1 Å². The normalized spacial score (nSPS) is 17.3. The molecule has 0 bridgehead atoms. The minimum Gasteiger partial charge on any atom is -0.452 e. The molecule has 1 saturated heterocycles. The standard InChI is InChI=1S/C23H23N3O6/c1-25(23(30)31-2)16-8-6-15(7-9-16)24-20(27)14-5-10-18-19(12-14)22(29)26(21(18)28)13-17-4-3-11-32-17/h5-10,12,17H,3-4,11,13H2,1-2H3,(H,24,27). The van der Waals surface area contributed by atoms with Crippen molar-refractivity contribution in [1.82, 2.24) is 4.90 Å². The second kappa shape index (κ2) is 8.80. The maximum atomic E-state index is 12.8. The van der Waals surface area contributed by atoms with E-state index in [0.29, 0.717) is 23.5 Å². The molecular weight excluding hydrogens is 414 g/mol. The van der Waals surface area contributed by atoms with Crippen LogP contribution in [0.5, 0.6) is 0 Å². The molecule has 0 aliphatic carbocycles. The molecule has 0 radical (unpaired) electrons. The molecule has 9 nitrogen and oxygen atoms in total. The van der Waals surface area contributed by atoms with E-state index >= 15 is 0 Å². The summed E-state index contributed by atoms with van der Waals surface area (Å²) in [6, 6.07) is 11.1. The Bertz CT molecular complexity index is 1080. The van der Waals surface area contributed by atoms with Crippen molar-refractivity contribution in [1.29, 1.82) is 0 Å².